The van der Waals surface area contributed by atoms with Crippen molar-refractivity contribution in [2.45, 2.75) is 58.2 Å². The van der Waals surface area contributed by atoms with E-state index in [-0.39, 0.29) is 12.1 Å². The van der Waals surface area contributed by atoms with Gasteiger partial charge in [-0.3, -0.25) is 4.68 Å². The van der Waals surface area contributed by atoms with E-state index in [1.165, 1.54) is 12.8 Å². The zero-order valence-electron chi connectivity index (χ0n) is 11.4. The Bertz CT molecular complexity index is 362. The van der Waals surface area contributed by atoms with Gasteiger partial charge in [0.25, 0.3) is 0 Å². The van der Waals surface area contributed by atoms with Crippen LogP contribution in [0, 0.1) is 5.92 Å². The van der Waals surface area contributed by atoms with Crippen LogP contribution in [0.25, 0.3) is 0 Å². The third kappa shape index (κ3) is 3.29. The third-order valence-electron chi connectivity index (χ3n) is 3.42. The van der Waals surface area contributed by atoms with Gasteiger partial charge in [0.05, 0.1) is 6.10 Å². The lowest BCUT2D eigenvalue weighted by atomic mass is 10.0. The monoisotopic (exact) mass is 252 g/mol. The molecule has 2 unspecified atom stereocenters. The van der Waals surface area contributed by atoms with Crippen molar-refractivity contribution >= 4 is 0 Å². The Kier molecular flexibility index (Phi) is 4.72. The second-order valence-corrected chi connectivity index (χ2v) is 5.02. The van der Waals surface area contributed by atoms with Gasteiger partial charge in [-0.1, -0.05) is 6.92 Å². The molecule has 2 rings (SSSR count). The van der Waals surface area contributed by atoms with Crippen molar-refractivity contribution in [2.75, 3.05) is 6.61 Å². The highest BCUT2D eigenvalue weighted by atomic mass is 16.5. The molecular formula is C13H24N4O. The Hall–Kier alpha value is -0.940. The number of nitrogens with zero attached hydrogens (tertiary/aromatic N) is 3. The summed E-state index contributed by atoms with van der Waals surface area (Å²) in [6, 6.07) is 0.0252. The van der Waals surface area contributed by atoms with Crippen LogP contribution in [0.15, 0.2) is 6.33 Å². The predicted octanol–water partition coefficient (Wildman–Crippen LogP) is 1.37. The van der Waals surface area contributed by atoms with Gasteiger partial charge in [0.15, 0.2) is 0 Å². The van der Waals surface area contributed by atoms with Crippen molar-refractivity contribution in [1.29, 1.82) is 0 Å². The van der Waals surface area contributed by atoms with E-state index >= 15 is 0 Å². The zero-order chi connectivity index (χ0) is 13.0. The van der Waals surface area contributed by atoms with Crippen LogP contribution in [0.2, 0.25) is 0 Å². The summed E-state index contributed by atoms with van der Waals surface area (Å²) in [4.78, 5) is 4.31. The highest BCUT2D eigenvalue weighted by Crippen LogP contribution is 2.35. The van der Waals surface area contributed by atoms with Crippen LogP contribution >= 0.6 is 0 Å². The molecule has 0 bridgehead atoms. The van der Waals surface area contributed by atoms with Crippen molar-refractivity contribution < 1.29 is 4.74 Å². The molecule has 1 aromatic heterocycles. The predicted molar refractivity (Wildman–Crippen MR) is 70.1 cm³/mol. The van der Waals surface area contributed by atoms with E-state index in [0.29, 0.717) is 5.92 Å². The summed E-state index contributed by atoms with van der Waals surface area (Å²) in [5, 5.41) is 4.23. The zero-order valence-corrected chi connectivity index (χ0v) is 11.4. The molecule has 2 atom stereocenters. The number of hydrogen-bond donors (Lipinski definition) is 1. The SMILES string of the molecule is CCCn1ncnc1CC(N)C(OCC)C1CC1. The van der Waals surface area contributed by atoms with Gasteiger partial charge >= 0.3 is 0 Å². The highest BCUT2D eigenvalue weighted by Gasteiger charge is 2.36. The van der Waals surface area contributed by atoms with E-state index in [0.717, 1.165) is 31.8 Å². The Balaban J connectivity index is 1.95. The Morgan fingerprint density at radius 1 is 1.50 bits per heavy atom. The summed E-state index contributed by atoms with van der Waals surface area (Å²) in [6.07, 6.45) is 6.11. The van der Waals surface area contributed by atoms with Gasteiger partial charge in [0.1, 0.15) is 12.2 Å². The second kappa shape index (κ2) is 6.29. The molecule has 1 aliphatic rings. The van der Waals surface area contributed by atoms with Crippen LogP contribution in [0.4, 0.5) is 0 Å². The molecule has 0 aromatic carbocycles. The maximum atomic E-state index is 6.30. The molecule has 0 amide bonds. The number of aryl methyl sites for hydroxylation is 1. The van der Waals surface area contributed by atoms with Crippen LogP contribution in [-0.2, 0) is 17.7 Å². The normalized spacial score (nSPS) is 18.8. The molecule has 102 valence electrons. The topological polar surface area (TPSA) is 66.0 Å². The molecule has 5 heteroatoms. The number of rotatable bonds is 8. The molecule has 5 nitrogen and oxygen atoms in total. The molecule has 0 radical (unpaired) electrons. The fourth-order valence-corrected chi connectivity index (χ4v) is 2.40. The van der Waals surface area contributed by atoms with E-state index in [1.807, 2.05) is 11.6 Å². The Labute approximate surface area is 109 Å². The minimum Gasteiger partial charge on any atom is -0.377 e. The molecule has 1 fully saturated rings. The summed E-state index contributed by atoms with van der Waals surface area (Å²) in [6.45, 7) is 5.81. The standard InChI is InChI=1S/C13H24N4O/c1-3-7-17-12(15-9-16-17)8-11(14)13(18-4-2)10-5-6-10/h9-11,13H,3-8,14H2,1-2H3. The van der Waals surface area contributed by atoms with E-state index in [2.05, 4.69) is 17.0 Å². The van der Waals surface area contributed by atoms with Gasteiger partial charge in [0, 0.05) is 25.6 Å². The largest absolute Gasteiger partial charge is 0.377 e. The van der Waals surface area contributed by atoms with Gasteiger partial charge in [0.2, 0.25) is 0 Å². The number of nitrogens with two attached hydrogens (primary N) is 1. The van der Waals surface area contributed by atoms with Gasteiger partial charge in [-0.05, 0) is 32.1 Å². The van der Waals surface area contributed by atoms with Crippen LogP contribution in [0.3, 0.4) is 0 Å². The number of aromatic nitrogens is 3. The minimum atomic E-state index is 0.0252. The summed E-state index contributed by atoms with van der Waals surface area (Å²) in [7, 11) is 0. The smallest absolute Gasteiger partial charge is 0.138 e. The maximum absolute atomic E-state index is 6.30. The number of ether oxygens (including phenoxy) is 1. The second-order valence-electron chi connectivity index (χ2n) is 5.02. The highest BCUT2D eigenvalue weighted by molar-refractivity contribution is 4.96. The first-order chi connectivity index (χ1) is 8.76. The van der Waals surface area contributed by atoms with E-state index < -0.39 is 0 Å². The van der Waals surface area contributed by atoms with Crippen molar-refractivity contribution in [2.24, 2.45) is 11.7 Å². The van der Waals surface area contributed by atoms with Crippen molar-refractivity contribution in [3.8, 4) is 0 Å². The average molecular weight is 252 g/mol. The molecule has 0 saturated heterocycles. The molecule has 1 aliphatic carbocycles. The molecule has 2 N–H and O–H groups in total. The van der Waals surface area contributed by atoms with Crippen LogP contribution in [0.1, 0.15) is 38.9 Å². The fourth-order valence-electron chi connectivity index (χ4n) is 2.40. The van der Waals surface area contributed by atoms with Crippen LogP contribution in [0.5, 0.6) is 0 Å². The lowest BCUT2D eigenvalue weighted by Crippen LogP contribution is -2.40. The van der Waals surface area contributed by atoms with Gasteiger partial charge < -0.3 is 10.5 Å². The summed E-state index contributed by atoms with van der Waals surface area (Å²) < 4.78 is 7.75. The molecule has 0 spiro atoms. The first kappa shape index (κ1) is 13.5. The molecule has 1 heterocycles. The van der Waals surface area contributed by atoms with Crippen molar-refractivity contribution in [1.82, 2.24) is 14.8 Å². The average Bonchev–Trinajstić information content (AvgIpc) is 3.10. The first-order valence-corrected chi connectivity index (χ1v) is 7.00. The Morgan fingerprint density at radius 3 is 2.89 bits per heavy atom. The summed E-state index contributed by atoms with van der Waals surface area (Å²) in [5.41, 5.74) is 6.30. The van der Waals surface area contributed by atoms with E-state index in [9.17, 15) is 0 Å². The van der Waals surface area contributed by atoms with Crippen LogP contribution < -0.4 is 5.73 Å². The first-order valence-electron chi connectivity index (χ1n) is 7.00. The van der Waals surface area contributed by atoms with Crippen molar-refractivity contribution in [3.05, 3.63) is 12.2 Å². The molecular weight excluding hydrogens is 228 g/mol. The van der Waals surface area contributed by atoms with Crippen LogP contribution in [-0.4, -0.2) is 33.5 Å². The molecule has 1 saturated carbocycles. The lowest BCUT2D eigenvalue weighted by molar-refractivity contribution is 0.0281. The maximum Gasteiger partial charge on any atom is 0.138 e. The van der Waals surface area contributed by atoms with E-state index in [4.69, 9.17) is 10.5 Å². The van der Waals surface area contributed by atoms with Gasteiger partial charge in [-0.15, -0.1) is 0 Å². The minimum absolute atomic E-state index is 0.0252. The van der Waals surface area contributed by atoms with Gasteiger partial charge in [-0.25, -0.2) is 4.98 Å². The fraction of sp³-hybridized carbons (Fsp3) is 0.846. The summed E-state index contributed by atoms with van der Waals surface area (Å²) >= 11 is 0. The Morgan fingerprint density at radius 2 is 2.28 bits per heavy atom. The third-order valence-corrected chi connectivity index (χ3v) is 3.42. The molecule has 18 heavy (non-hydrogen) atoms. The van der Waals surface area contributed by atoms with Crippen molar-refractivity contribution in [3.63, 3.8) is 0 Å². The number of hydrogen-bond acceptors (Lipinski definition) is 4. The lowest BCUT2D eigenvalue weighted by Gasteiger charge is -2.23. The molecule has 0 aliphatic heterocycles. The van der Waals surface area contributed by atoms with Gasteiger partial charge in [-0.2, -0.15) is 5.10 Å². The summed E-state index contributed by atoms with van der Waals surface area (Å²) in [5.74, 6) is 1.64. The molecule has 1 aromatic rings. The quantitative estimate of drug-likeness (QED) is 0.759. The van der Waals surface area contributed by atoms with E-state index in [1.54, 1.807) is 6.33 Å².